The van der Waals surface area contributed by atoms with E-state index in [0.717, 1.165) is 21.7 Å². The fourth-order valence-electron chi connectivity index (χ4n) is 2.48. The summed E-state index contributed by atoms with van der Waals surface area (Å²) in [6, 6.07) is 3.82. The number of rotatable bonds is 5. The lowest BCUT2D eigenvalue weighted by atomic mass is 10.1. The Hall–Kier alpha value is -1.24. The van der Waals surface area contributed by atoms with Crippen molar-refractivity contribution in [1.82, 2.24) is 9.29 Å². The Bertz CT molecular complexity index is 699. The van der Waals surface area contributed by atoms with Crippen LogP contribution in [0.2, 0.25) is 0 Å². The summed E-state index contributed by atoms with van der Waals surface area (Å²) in [4.78, 5) is 4.61. The summed E-state index contributed by atoms with van der Waals surface area (Å²) in [5.41, 5.74) is 2.68. The number of thiazole rings is 1. The van der Waals surface area contributed by atoms with Crippen LogP contribution in [0.4, 0.5) is 0 Å². The smallest absolute Gasteiger partial charge is 0.243 e. The Kier molecular flexibility index (Phi) is 4.81. The van der Waals surface area contributed by atoms with Gasteiger partial charge in [-0.15, -0.1) is 11.3 Å². The molecule has 0 bridgehead atoms. The predicted molar refractivity (Wildman–Crippen MR) is 86.3 cm³/mol. The van der Waals surface area contributed by atoms with Crippen LogP contribution in [0.5, 0.6) is 0 Å². The molecular weight excluding hydrogens is 304 g/mol. The minimum absolute atomic E-state index is 0.426. The van der Waals surface area contributed by atoms with Gasteiger partial charge in [-0.2, -0.15) is 0 Å². The van der Waals surface area contributed by atoms with Crippen LogP contribution in [-0.2, 0) is 16.4 Å². The van der Waals surface area contributed by atoms with Crippen LogP contribution in [0, 0.1) is 20.8 Å². The molecule has 0 N–H and O–H groups in total. The maximum absolute atomic E-state index is 12.8. The molecule has 21 heavy (non-hydrogen) atoms. The van der Waals surface area contributed by atoms with Gasteiger partial charge in [0.1, 0.15) is 0 Å². The first-order valence-corrected chi connectivity index (χ1v) is 9.07. The zero-order valence-corrected chi connectivity index (χ0v) is 14.4. The molecule has 0 aliphatic carbocycles. The predicted octanol–water partition coefficient (Wildman–Crippen LogP) is 2.93. The molecule has 2 aromatic rings. The Labute approximate surface area is 130 Å². The molecule has 0 unspecified atom stereocenters. The Balaban J connectivity index is 2.25. The number of aromatic nitrogens is 1. The number of nitrogens with zero attached hydrogens (tertiary/aromatic N) is 2. The van der Waals surface area contributed by atoms with Gasteiger partial charge in [0, 0.05) is 31.6 Å². The fourth-order valence-corrected chi connectivity index (χ4v) is 4.66. The van der Waals surface area contributed by atoms with Gasteiger partial charge in [0.05, 0.1) is 9.90 Å². The van der Waals surface area contributed by atoms with Gasteiger partial charge in [-0.05, 0) is 31.9 Å². The highest BCUT2D eigenvalue weighted by molar-refractivity contribution is 7.89. The molecule has 0 fully saturated rings. The van der Waals surface area contributed by atoms with Crippen molar-refractivity contribution in [2.75, 3.05) is 13.6 Å². The minimum Gasteiger partial charge on any atom is -0.250 e. The molecule has 1 aromatic heterocycles. The molecule has 0 aliphatic heterocycles. The van der Waals surface area contributed by atoms with Gasteiger partial charge in [-0.25, -0.2) is 17.7 Å². The summed E-state index contributed by atoms with van der Waals surface area (Å²) in [5.74, 6) is 0. The molecule has 4 nitrogen and oxygen atoms in total. The Morgan fingerprint density at radius 1 is 1.19 bits per heavy atom. The van der Waals surface area contributed by atoms with Gasteiger partial charge in [-0.3, -0.25) is 0 Å². The van der Waals surface area contributed by atoms with E-state index in [2.05, 4.69) is 4.98 Å². The van der Waals surface area contributed by atoms with Crippen molar-refractivity contribution in [3.63, 3.8) is 0 Å². The van der Waals surface area contributed by atoms with E-state index in [0.29, 0.717) is 17.9 Å². The van der Waals surface area contributed by atoms with Crippen LogP contribution in [0.3, 0.4) is 0 Å². The molecule has 0 radical (unpaired) electrons. The highest BCUT2D eigenvalue weighted by Crippen LogP contribution is 2.24. The summed E-state index contributed by atoms with van der Waals surface area (Å²) >= 11 is 1.55. The SMILES string of the molecule is Cc1cc(C)c(S(=O)(=O)N(C)CCc2nccs2)c(C)c1. The Morgan fingerprint density at radius 2 is 1.81 bits per heavy atom. The van der Waals surface area contributed by atoms with E-state index in [-0.39, 0.29) is 0 Å². The average molecular weight is 324 g/mol. The number of hydrogen-bond donors (Lipinski definition) is 0. The van der Waals surface area contributed by atoms with E-state index in [1.165, 1.54) is 4.31 Å². The zero-order chi connectivity index (χ0) is 15.6. The topological polar surface area (TPSA) is 50.3 Å². The second-order valence-corrected chi connectivity index (χ2v) is 8.19. The first kappa shape index (κ1) is 16.1. The fraction of sp³-hybridized carbons (Fsp3) is 0.400. The van der Waals surface area contributed by atoms with Crippen molar-refractivity contribution in [1.29, 1.82) is 0 Å². The zero-order valence-electron chi connectivity index (χ0n) is 12.8. The minimum atomic E-state index is -3.46. The van der Waals surface area contributed by atoms with Gasteiger partial charge in [0.25, 0.3) is 0 Å². The molecule has 6 heteroatoms. The van der Waals surface area contributed by atoms with Crippen molar-refractivity contribution in [2.24, 2.45) is 0 Å². The van der Waals surface area contributed by atoms with Crippen LogP contribution in [0.15, 0.2) is 28.6 Å². The number of hydrogen-bond acceptors (Lipinski definition) is 4. The van der Waals surface area contributed by atoms with Crippen molar-refractivity contribution < 1.29 is 8.42 Å². The standard InChI is InChI=1S/C15H20N2O2S2/c1-11-9-12(2)15(13(3)10-11)21(18,19)17(4)7-5-14-16-6-8-20-14/h6,8-10H,5,7H2,1-4H3. The molecule has 0 atom stereocenters. The number of benzene rings is 1. The molecule has 0 amide bonds. The van der Waals surface area contributed by atoms with Crippen molar-refractivity contribution in [2.45, 2.75) is 32.1 Å². The van der Waals surface area contributed by atoms with Crippen LogP contribution < -0.4 is 0 Å². The van der Waals surface area contributed by atoms with Crippen molar-refractivity contribution in [3.8, 4) is 0 Å². The average Bonchev–Trinajstić information content (AvgIpc) is 2.87. The third-order valence-electron chi connectivity index (χ3n) is 3.40. The lowest BCUT2D eigenvalue weighted by molar-refractivity contribution is 0.471. The van der Waals surface area contributed by atoms with E-state index in [1.54, 1.807) is 24.6 Å². The molecule has 1 heterocycles. The van der Waals surface area contributed by atoms with Crippen LogP contribution >= 0.6 is 11.3 Å². The third-order valence-corrected chi connectivity index (χ3v) is 6.40. The van der Waals surface area contributed by atoms with E-state index in [9.17, 15) is 8.42 Å². The molecule has 114 valence electrons. The quantitative estimate of drug-likeness (QED) is 0.849. The van der Waals surface area contributed by atoms with Gasteiger partial charge >= 0.3 is 0 Å². The third kappa shape index (κ3) is 3.51. The molecule has 1 aromatic carbocycles. The van der Waals surface area contributed by atoms with Crippen LogP contribution in [0.1, 0.15) is 21.7 Å². The van der Waals surface area contributed by atoms with Crippen LogP contribution in [-0.4, -0.2) is 31.3 Å². The van der Waals surface area contributed by atoms with E-state index < -0.39 is 10.0 Å². The van der Waals surface area contributed by atoms with Crippen molar-refractivity contribution >= 4 is 21.4 Å². The molecule has 2 rings (SSSR count). The van der Waals surface area contributed by atoms with Gasteiger partial charge in [-0.1, -0.05) is 17.7 Å². The molecule has 0 spiro atoms. The molecule has 0 aliphatic rings. The van der Waals surface area contributed by atoms with E-state index >= 15 is 0 Å². The second-order valence-electron chi connectivity index (χ2n) is 5.23. The first-order valence-electron chi connectivity index (χ1n) is 6.75. The largest absolute Gasteiger partial charge is 0.250 e. The summed E-state index contributed by atoms with van der Waals surface area (Å²) in [6.45, 7) is 6.11. The summed E-state index contributed by atoms with van der Waals surface area (Å²) in [6.07, 6.45) is 2.38. The highest BCUT2D eigenvalue weighted by Gasteiger charge is 2.24. The van der Waals surface area contributed by atoms with Gasteiger partial charge in [0.15, 0.2) is 0 Å². The molecular formula is C15H20N2O2S2. The summed E-state index contributed by atoms with van der Waals surface area (Å²) in [5, 5.41) is 2.85. The van der Waals surface area contributed by atoms with E-state index in [1.807, 2.05) is 38.3 Å². The molecule has 0 saturated carbocycles. The highest BCUT2D eigenvalue weighted by atomic mass is 32.2. The van der Waals surface area contributed by atoms with Crippen LogP contribution in [0.25, 0.3) is 0 Å². The maximum atomic E-state index is 12.8. The number of aryl methyl sites for hydroxylation is 3. The van der Waals surface area contributed by atoms with Gasteiger partial charge in [0.2, 0.25) is 10.0 Å². The first-order chi connectivity index (χ1) is 9.82. The summed E-state index contributed by atoms with van der Waals surface area (Å²) < 4.78 is 26.9. The number of sulfonamides is 1. The lowest BCUT2D eigenvalue weighted by Gasteiger charge is -2.20. The Morgan fingerprint density at radius 3 is 2.33 bits per heavy atom. The van der Waals surface area contributed by atoms with Gasteiger partial charge < -0.3 is 0 Å². The molecule has 0 saturated heterocycles. The maximum Gasteiger partial charge on any atom is 0.243 e. The lowest BCUT2D eigenvalue weighted by Crippen LogP contribution is -2.30. The van der Waals surface area contributed by atoms with Crippen molar-refractivity contribution in [3.05, 3.63) is 45.4 Å². The summed E-state index contributed by atoms with van der Waals surface area (Å²) in [7, 11) is -1.83. The second kappa shape index (κ2) is 6.25. The monoisotopic (exact) mass is 324 g/mol. The normalized spacial score (nSPS) is 12.0. The number of likely N-dealkylation sites (N-methyl/N-ethyl adjacent to an activating group) is 1. The van der Waals surface area contributed by atoms with E-state index in [4.69, 9.17) is 0 Å².